The van der Waals surface area contributed by atoms with Gasteiger partial charge in [0.25, 0.3) is 0 Å². The topological polar surface area (TPSA) is 81.6 Å². The summed E-state index contributed by atoms with van der Waals surface area (Å²) in [6.07, 6.45) is 1.97. The lowest BCUT2D eigenvalue weighted by Gasteiger charge is -2.30. The summed E-state index contributed by atoms with van der Waals surface area (Å²) < 4.78 is 4.99. The van der Waals surface area contributed by atoms with E-state index in [-0.39, 0.29) is 18.1 Å². The lowest BCUT2D eigenvalue weighted by Crippen LogP contribution is -2.39. The van der Waals surface area contributed by atoms with Gasteiger partial charge in [-0.2, -0.15) is 0 Å². The third-order valence-electron chi connectivity index (χ3n) is 3.48. The summed E-state index contributed by atoms with van der Waals surface area (Å²) in [5, 5.41) is 11.0. The summed E-state index contributed by atoms with van der Waals surface area (Å²) >= 11 is 0. The highest BCUT2D eigenvalue weighted by molar-refractivity contribution is 5.85. The number of benzene rings is 1. The third kappa shape index (κ3) is 4.06. The highest BCUT2D eigenvalue weighted by Gasteiger charge is 2.19. The molecule has 0 atom stereocenters. The van der Waals surface area contributed by atoms with E-state index in [9.17, 15) is 10.1 Å². The van der Waals surface area contributed by atoms with E-state index in [4.69, 9.17) is 10.5 Å². The van der Waals surface area contributed by atoms with Crippen LogP contribution in [0, 0.1) is 10.1 Å². The van der Waals surface area contributed by atoms with E-state index < -0.39 is 4.92 Å². The number of nitro groups is 1. The molecule has 0 radical (unpaired) electrons. The van der Waals surface area contributed by atoms with E-state index in [1.54, 1.807) is 12.1 Å². The van der Waals surface area contributed by atoms with E-state index in [0.29, 0.717) is 11.8 Å². The number of ether oxygens (including phenoxy) is 1. The normalized spacial score (nSPS) is 16.5. The Bertz CT molecular complexity index is 462. The van der Waals surface area contributed by atoms with Crippen LogP contribution in [0.2, 0.25) is 0 Å². The zero-order valence-corrected chi connectivity index (χ0v) is 12.3. The Labute approximate surface area is 124 Å². The number of rotatable bonds is 4. The molecule has 1 heterocycles. The Morgan fingerprint density at radius 2 is 2.10 bits per heavy atom. The van der Waals surface area contributed by atoms with Gasteiger partial charge < -0.3 is 10.5 Å². The number of nitro benzene ring substituents is 1. The Balaban J connectivity index is 0.00000200. The first-order valence-corrected chi connectivity index (χ1v) is 6.39. The number of halogens is 1. The lowest BCUT2D eigenvalue weighted by atomic mass is 10.1. The van der Waals surface area contributed by atoms with Gasteiger partial charge in [-0.05, 0) is 37.6 Å². The summed E-state index contributed by atoms with van der Waals surface area (Å²) in [5.74, 6) is 0.300. The van der Waals surface area contributed by atoms with Crippen LogP contribution in [0.3, 0.4) is 0 Å². The molecule has 0 amide bonds. The summed E-state index contributed by atoms with van der Waals surface area (Å²) in [6.45, 7) is 2.61. The number of methoxy groups -OCH3 is 1. The SMILES string of the molecule is COc1ccc(CN2CCC(N)CC2)cc1[N+](=O)[O-].Cl. The van der Waals surface area contributed by atoms with Gasteiger partial charge in [0.1, 0.15) is 0 Å². The van der Waals surface area contributed by atoms with Crippen LogP contribution in [-0.2, 0) is 6.54 Å². The maximum atomic E-state index is 11.0. The van der Waals surface area contributed by atoms with Crippen molar-refractivity contribution >= 4 is 18.1 Å². The maximum absolute atomic E-state index is 11.0. The average Bonchev–Trinajstić information content (AvgIpc) is 2.41. The Kier molecular flexibility index (Phi) is 6.19. The maximum Gasteiger partial charge on any atom is 0.311 e. The van der Waals surface area contributed by atoms with Crippen molar-refractivity contribution in [3.63, 3.8) is 0 Å². The van der Waals surface area contributed by atoms with Gasteiger partial charge in [0.15, 0.2) is 5.75 Å². The van der Waals surface area contributed by atoms with Gasteiger partial charge in [0.2, 0.25) is 0 Å². The van der Waals surface area contributed by atoms with Crippen molar-refractivity contribution in [1.82, 2.24) is 4.90 Å². The van der Waals surface area contributed by atoms with E-state index >= 15 is 0 Å². The molecule has 0 saturated carbocycles. The standard InChI is InChI=1S/C13H19N3O3.ClH/c1-19-13-3-2-10(8-12(13)16(17)18)9-15-6-4-11(14)5-7-15;/h2-3,8,11H,4-7,9,14H2,1H3;1H. The summed E-state index contributed by atoms with van der Waals surface area (Å²) in [4.78, 5) is 12.8. The molecule has 1 saturated heterocycles. The van der Waals surface area contributed by atoms with E-state index in [0.717, 1.165) is 38.0 Å². The van der Waals surface area contributed by atoms with Gasteiger partial charge in [-0.15, -0.1) is 12.4 Å². The molecule has 1 aromatic rings. The molecule has 20 heavy (non-hydrogen) atoms. The number of hydrogen-bond donors (Lipinski definition) is 1. The molecule has 0 bridgehead atoms. The Morgan fingerprint density at radius 1 is 1.45 bits per heavy atom. The van der Waals surface area contributed by atoms with E-state index in [1.807, 2.05) is 6.07 Å². The van der Waals surface area contributed by atoms with Crippen LogP contribution in [0.25, 0.3) is 0 Å². The first-order valence-electron chi connectivity index (χ1n) is 6.39. The molecule has 1 aliphatic rings. The predicted octanol–water partition coefficient (Wildman–Crippen LogP) is 1.95. The molecule has 6 nitrogen and oxygen atoms in total. The molecule has 2 N–H and O–H groups in total. The first-order chi connectivity index (χ1) is 9.10. The highest BCUT2D eigenvalue weighted by Crippen LogP contribution is 2.28. The molecule has 112 valence electrons. The van der Waals surface area contributed by atoms with Gasteiger partial charge in [0.05, 0.1) is 12.0 Å². The predicted molar refractivity (Wildman–Crippen MR) is 79.4 cm³/mol. The smallest absolute Gasteiger partial charge is 0.311 e. The van der Waals surface area contributed by atoms with Gasteiger partial charge in [-0.1, -0.05) is 6.07 Å². The van der Waals surface area contributed by atoms with Crippen LogP contribution in [0.15, 0.2) is 18.2 Å². The van der Waals surface area contributed by atoms with Crippen LogP contribution in [0.5, 0.6) is 5.75 Å². The monoisotopic (exact) mass is 301 g/mol. The van der Waals surface area contributed by atoms with Gasteiger partial charge in [0, 0.05) is 18.7 Å². The minimum atomic E-state index is -0.408. The zero-order chi connectivity index (χ0) is 13.8. The average molecular weight is 302 g/mol. The fraction of sp³-hybridized carbons (Fsp3) is 0.538. The zero-order valence-electron chi connectivity index (χ0n) is 11.4. The van der Waals surface area contributed by atoms with Crippen molar-refractivity contribution in [1.29, 1.82) is 0 Å². The second kappa shape index (κ2) is 7.42. The number of nitrogens with zero attached hydrogens (tertiary/aromatic N) is 2. The Hall–Kier alpha value is -1.37. The van der Waals surface area contributed by atoms with Crippen molar-refractivity contribution in [2.24, 2.45) is 5.73 Å². The van der Waals surface area contributed by atoms with Crippen molar-refractivity contribution < 1.29 is 9.66 Å². The van der Waals surface area contributed by atoms with Crippen molar-refractivity contribution in [2.75, 3.05) is 20.2 Å². The van der Waals surface area contributed by atoms with Crippen LogP contribution in [0.4, 0.5) is 5.69 Å². The van der Waals surface area contributed by atoms with Crippen LogP contribution in [-0.4, -0.2) is 36.1 Å². The van der Waals surface area contributed by atoms with Crippen LogP contribution < -0.4 is 10.5 Å². The second-order valence-electron chi connectivity index (χ2n) is 4.88. The molecule has 1 aliphatic heterocycles. The summed E-state index contributed by atoms with van der Waals surface area (Å²) in [7, 11) is 1.44. The molecule has 7 heteroatoms. The molecular weight excluding hydrogens is 282 g/mol. The van der Waals surface area contributed by atoms with Gasteiger partial charge in [-0.3, -0.25) is 15.0 Å². The molecule has 2 rings (SSSR count). The molecule has 0 aromatic heterocycles. The minimum Gasteiger partial charge on any atom is -0.490 e. The largest absolute Gasteiger partial charge is 0.490 e. The summed E-state index contributed by atoms with van der Waals surface area (Å²) in [5.41, 5.74) is 6.81. The molecular formula is C13H20ClN3O3. The number of likely N-dealkylation sites (tertiary alicyclic amines) is 1. The van der Waals surface area contributed by atoms with E-state index in [1.165, 1.54) is 7.11 Å². The van der Waals surface area contributed by atoms with E-state index in [2.05, 4.69) is 4.90 Å². The second-order valence-corrected chi connectivity index (χ2v) is 4.88. The fourth-order valence-corrected chi connectivity index (χ4v) is 2.35. The first kappa shape index (κ1) is 16.7. The van der Waals surface area contributed by atoms with Crippen molar-refractivity contribution in [3.05, 3.63) is 33.9 Å². The lowest BCUT2D eigenvalue weighted by molar-refractivity contribution is -0.385. The number of piperidine rings is 1. The highest BCUT2D eigenvalue weighted by atomic mass is 35.5. The third-order valence-corrected chi connectivity index (χ3v) is 3.48. The van der Waals surface area contributed by atoms with Crippen molar-refractivity contribution in [2.45, 2.75) is 25.4 Å². The molecule has 0 aliphatic carbocycles. The van der Waals surface area contributed by atoms with Gasteiger partial charge in [-0.25, -0.2) is 0 Å². The van der Waals surface area contributed by atoms with Crippen LogP contribution in [0.1, 0.15) is 18.4 Å². The number of nitrogens with two attached hydrogens (primary N) is 1. The quantitative estimate of drug-likeness (QED) is 0.679. The molecule has 0 unspecified atom stereocenters. The fourth-order valence-electron chi connectivity index (χ4n) is 2.35. The number of hydrogen-bond acceptors (Lipinski definition) is 5. The Morgan fingerprint density at radius 3 is 2.65 bits per heavy atom. The molecule has 1 aromatic carbocycles. The van der Waals surface area contributed by atoms with Crippen molar-refractivity contribution in [3.8, 4) is 5.75 Å². The minimum absolute atomic E-state index is 0. The summed E-state index contributed by atoms with van der Waals surface area (Å²) in [6, 6.07) is 5.41. The van der Waals surface area contributed by atoms with Gasteiger partial charge >= 0.3 is 5.69 Å². The van der Waals surface area contributed by atoms with Crippen LogP contribution >= 0.6 is 12.4 Å². The molecule has 0 spiro atoms. The molecule has 1 fully saturated rings.